The van der Waals surface area contributed by atoms with Crippen molar-refractivity contribution in [3.8, 4) is 5.75 Å². The monoisotopic (exact) mass is 656 g/mol. The van der Waals surface area contributed by atoms with Crippen molar-refractivity contribution in [2.24, 2.45) is 23.7 Å². The third kappa shape index (κ3) is 4.08. The molecule has 0 radical (unpaired) electrons. The van der Waals surface area contributed by atoms with Gasteiger partial charge in [0.15, 0.2) is 5.78 Å². The van der Waals surface area contributed by atoms with Gasteiger partial charge in [0, 0.05) is 20.8 Å². The maximum atomic E-state index is 13.7. The van der Waals surface area contributed by atoms with Crippen molar-refractivity contribution >= 4 is 78.6 Å². The SMILES string of the molecule is COc1cccc(C(=O)CN(C(=O)c2ccc(Cl)c(Cl)c2)N2C(=O)[C@@H]3[C@H]4C[C@@H]([C@H](Br)[C@H]4Br)[C@H]3C2=O)c1. The second-order valence-electron chi connectivity index (χ2n) is 9.14. The summed E-state index contributed by atoms with van der Waals surface area (Å²) < 4.78 is 5.20. The number of hydrogen-bond acceptors (Lipinski definition) is 5. The van der Waals surface area contributed by atoms with Gasteiger partial charge in [0.2, 0.25) is 0 Å². The average molecular weight is 659 g/mol. The molecular formula is C25H20Br2Cl2N2O5. The predicted molar refractivity (Wildman–Crippen MR) is 141 cm³/mol. The smallest absolute Gasteiger partial charge is 0.273 e. The maximum Gasteiger partial charge on any atom is 0.273 e. The van der Waals surface area contributed by atoms with E-state index in [2.05, 4.69) is 31.9 Å². The summed E-state index contributed by atoms with van der Waals surface area (Å²) in [5, 5.41) is 2.21. The Labute approximate surface area is 234 Å². The molecule has 36 heavy (non-hydrogen) atoms. The number of imide groups is 1. The van der Waals surface area contributed by atoms with Gasteiger partial charge in [-0.3, -0.25) is 19.2 Å². The number of nitrogens with zero attached hydrogens (tertiary/aromatic N) is 2. The third-order valence-corrected chi connectivity index (χ3v) is 11.2. The Kier molecular flexibility index (Phi) is 6.95. The number of Topliss-reactive ketones (excluding diaryl/α,β-unsaturated/α-hetero) is 1. The molecule has 2 aliphatic carbocycles. The highest BCUT2D eigenvalue weighted by Crippen LogP contribution is 2.60. The molecule has 2 aromatic rings. The van der Waals surface area contributed by atoms with Crippen LogP contribution in [0.2, 0.25) is 10.0 Å². The van der Waals surface area contributed by atoms with E-state index < -0.39 is 41.9 Å². The largest absolute Gasteiger partial charge is 0.497 e. The number of ether oxygens (including phenoxy) is 1. The highest BCUT2D eigenvalue weighted by Gasteiger charge is 2.67. The quantitative estimate of drug-likeness (QED) is 0.247. The minimum absolute atomic E-state index is 0.0399. The minimum Gasteiger partial charge on any atom is -0.497 e. The van der Waals surface area contributed by atoms with Crippen LogP contribution in [0.5, 0.6) is 5.75 Å². The first-order valence-corrected chi connectivity index (χ1v) is 13.8. The van der Waals surface area contributed by atoms with Gasteiger partial charge in [0.25, 0.3) is 17.7 Å². The summed E-state index contributed by atoms with van der Waals surface area (Å²) in [6.07, 6.45) is 0.746. The van der Waals surface area contributed by atoms with Gasteiger partial charge >= 0.3 is 0 Å². The summed E-state index contributed by atoms with van der Waals surface area (Å²) in [5.41, 5.74) is 0.377. The molecule has 2 saturated carbocycles. The molecule has 6 atom stereocenters. The molecule has 11 heteroatoms. The number of alkyl halides is 2. The average Bonchev–Trinajstić information content (AvgIpc) is 3.48. The molecule has 0 unspecified atom stereocenters. The van der Waals surface area contributed by atoms with Gasteiger partial charge in [0.05, 0.1) is 29.0 Å². The lowest BCUT2D eigenvalue weighted by molar-refractivity contribution is -0.154. The summed E-state index contributed by atoms with van der Waals surface area (Å²) in [4.78, 5) is 54.4. The molecule has 3 fully saturated rings. The van der Waals surface area contributed by atoms with Crippen molar-refractivity contribution in [2.75, 3.05) is 13.7 Å². The van der Waals surface area contributed by atoms with Gasteiger partial charge in [0.1, 0.15) is 12.3 Å². The molecule has 5 rings (SSSR count). The lowest BCUT2D eigenvalue weighted by Crippen LogP contribution is -2.52. The Morgan fingerprint density at radius 2 is 1.61 bits per heavy atom. The van der Waals surface area contributed by atoms with Gasteiger partial charge in [-0.25, -0.2) is 5.01 Å². The standard InChI is InChI=1S/C25H20Br2Cl2N2O5/c1-36-13-4-2-3-11(7-13)18(32)10-30(23(33)12-5-6-16(28)17(29)8-12)31-24(34)19-14-9-15(20(19)25(31)35)22(27)21(14)26/h2-8,14-15,19-22H,9-10H2,1H3/t14-,15-,19-,20-,21+,22+/m1/s1. The van der Waals surface area contributed by atoms with E-state index in [1.807, 2.05) is 0 Å². The van der Waals surface area contributed by atoms with E-state index in [0.29, 0.717) is 5.75 Å². The molecule has 7 nitrogen and oxygen atoms in total. The Hall–Kier alpha value is -1.94. The van der Waals surface area contributed by atoms with Crippen molar-refractivity contribution in [2.45, 2.75) is 16.1 Å². The van der Waals surface area contributed by atoms with E-state index >= 15 is 0 Å². The number of fused-ring (bicyclic) bond motifs is 5. The number of carbonyl (C=O) groups excluding carboxylic acids is 4. The molecule has 3 aliphatic rings. The summed E-state index contributed by atoms with van der Waals surface area (Å²) in [6.45, 7) is -0.520. The van der Waals surface area contributed by atoms with Crippen molar-refractivity contribution in [1.82, 2.24) is 10.0 Å². The van der Waals surface area contributed by atoms with E-state index in [4.69, 9.17) is 27.9 Å². The third-order valence-electron chi connectivity index (χ3n) is 7.29. The predicted octanol–water partition coefficient (Wildman–Crippen LogP) is 5.02. The number of benzene rings is 2. The molecule has 0 N–H and O–H groups in total. The minimum atomic E-state index is -0.704. The van der Waals surface area contributed by atoms with E-state index in [0.717, 1.165) is 16.4 Å². The van der Waals surface area contributed by atoms with Crippen molar-refractivity contribution in [3.05, 3.63) is 63.6 Å². The Balaban J connectivity index is 1.52. The molecule has 1 aliphatic heterocycles. The van der Waals surface area contributed by atoms with Crippen LogP contribution in [0.1, 0.15) is 27.1 Å². The fourth-order valence-electron chi connectivity index (χ4n) is 5.61. The number of rotatable bonds is 6. The van der Waals surface area contributed by atoms with Gasteiger partial charge in [-0.15, -0.1) is 0 Å². The van der Waals surface area contributed by atoms with E-state index in [1.54, 1.807) is 18.2 Å². The van der Waals surface area contributed by atoms with Gasteiger partial charge in [-0.2, -0.15) is 5.01 Å². The van der Waals surface area contributed by atoms with Gasteiger partial charge in [-0.1, -0.05) is 67.2 Å². The molecule has 2 aromatic carbocycles. The molecule has 2 bridgehead atoms. The number of amides is 3. The normalized spacial score (nSPS) is 28.4. The zero-order valence-corrected chi connectivity index (χ0v) is 23.6. The van der Waals surface area contributed by atoms with Crippen LogP contribution in [-0.2, 0) is 9.59 Å². The number of methoxy groups -OCH3 is 1. The Bertz CT molecular complexity index is 1260. The highest BCUT2D eigenvalue weighted by molar-refractivity contribution is 9.12. The van der Waals surface area contributed by atoms with E-state index in [9.17, 15) is 19.2 Å². The van der Waals surface area contributed by atoms with Crippen molar-refractivity contribution in [1.29, 1.82) is 0 Å². The highest BCUT2D eigenvalue weighted by atomic mass is 79.9. The van der Waals surface area contributed by atoms with E-state index in [-0.39, 0.29) is 42.7 Å². The number of hydrogen-bond donors (Lipinski definition) is 0. The zero-order valence-electron chi connectivity index (χ0n) is 18.9. The summed E-state index contributed by atoms with van der Waals surface area (Å²) >= 11 is 19.5. The first-order valence-electron chi connectivity index (χ1n) is 11.2. The number of ketones is 1. The fourth-order valence-corrected chi connectivity index (χ4v) is 7.78. The summed E-state index contributed by atoms with van der Waals surface area (Å²) in [5.74, 6) is -2.79. The number of carbonyl (C=O) groups is 4. The summed E-state index contributed by atoms with van der Waals surface area (Å²) in [7, 11) is 1.48. The lowest BCUT2D eigenvalue weighted by atomic mass is 9.81. The van der Waals surface area contributed by atoms with E-state index in [1.165, 1.54) is 31.4 Å². The second-order valence-corrected chi connectivity index (χ2v) is 12.1. The van der Waals surface area contributed by atoms with Crippen LogP contribution in [0.15, 0.2) is 42.5 Å². The molecule has 0 aromatic heterocycles. The van der Waals surface area contributed by atoms with Crippen LogP contribution in [0, 0.1) is 23.7 Å². The lowest BCUT2D eigenvalue weighted by Gasteiger charge is -2.31. The van der Waals surface area contributed by atoms with Crippen molar-refractivity contribution < 1.29 is 23.9 Å². The topological polar surface area (TPSA) is 84.0 Å². The number of hydrazine groups is 1. The first-order chi connectivity index (χ1) is 17.1. The molecular weight excluding hydrogens is 639 g/mol. The van der Waals surface area contributed by atoms with Crippen LogP contribution < -0.4 is 4.74 Å². The van der Waals surface area contributed by atoms with Crippen LogP contribution in [-0.4, -0.2) is 56.8 Å². The second kappa shape index (κ2) is 9.74. The molecule has 0 spiro atoms. The number of halogens is 4. The van der Waals surface area contributed by atoms with Crippen LogP contribution in [0.25, 0.3) is 0 Å². The van der Waals surface area contributed by atoms with Gasteiger partial charge < -0.3 is 4.74 Å². The molecule has 1 heterocycles. The Morgan fingerprint density at radius 1 is 0.972 bits per heavy atom. The van der Waals surface area contributed by atoms with Crippen molar-refractivity contribution in [3.63, 3.8) is 0 Å². The van der Waals surface area contributed by atoms with Crippen LogP contribution in [0.3, 0.4) is 0 Å². The Morgan fingerprint density at radius 3 is 2.19 bits per heavy atom. The maximum absolute atomic E-state index is 13.7. The molecule has 188 valence electrons. The van der Waals surface area contributed by atoms with Crippen LogP contribution >= 0.6 is 55.1 Å². The fraction of sp³-hybridized carbons (Fsp3) is 0.360. The van der Waals surface area contributed by atoms with Gasteiger partial charge in [-0.05, 0) is 48.6 Å². The van der Waals surface area contributed by atoms with Crippen LogP contribution in [0.4, 0.5) is 0 Å². The summed E-state index contributed by atoms with van der Waals surface area (Å²) in [6, 6.07) is 10.7. The first kappa shape index (κ1) is 25.7. The molecule has 3 amide bonds. The zero-order chi connectivity index (χ0) is 25.9. The molecule has 1 saturated heterocycles.